The largest absolute Gasteiger partial charge is 0.481 e. The molecule has 2 N–H and O–H groups in total. The zero-order valence-corrected chi connectivity index (χ0v) is 24.4. The minimum absolute atomic E-state index is 0.0514. The van der Waals surface area contributed by atoms with Gasteiger partial charge in [-0.15, -0.1) is 0 Å². The van der Waals surface area contributed by atoms with Crippen molar-refractivity contribution in [3.8, 4) is 0 Å². The standard InChI is InChI=1S/C32H50O5/c1-19(2)10-9-11-21(28(35)36)27-24(34)18-32(8)23-12-13-25-29(4,5)26(37-20(3)33)15-16-30(25,6)22(23)14-17-31(27,32)7/h10,21,24-27,34H,9,11-18H2,1-8H3,(H,35,36)/t21-,24-,25+,26+,27+,30-,31-,32+/m1/s1. The number of hydrogen-bond donors (Lipinski definition) is 2. The molecule has 2 fully saturated rings. The highest BCUT2D eigenvalue weighted by Gasteiger charge is 2.66. The van der Waals surface area contributed by atoms with Gasteiger partial charge in [0.1, 0.15) is 6.10 Å². The van der Waals surface area contributed by atoms with E-state index in [4.69, 9.17) is 4.74 Å². The molecule has 0 aliphatic heterocycles. The number of esters is 1. The monoisotopic (exact) mass is 514 g/mol. The maximum absolute atomic E-state index is 12.5. The summed E-state index contributed by atoms with van der Waals surface area (Å²) in [6.07, 6.45) is 9.27. The highest BCUT2D eigenvalue weighted by Crippen LogP contribution is 2.72. The Morgan fingerprint density at radius 3 is 2.30 bits per heavy atom. The predicted molar refractivity (Wildman–Crippen MR) is 146 cm³/mol. The number of ether oxygens (including phenoxy) is 1. The van der Waals surface area contributed by atoms with Crippen LogP contribution in [0, 0.1) is 39.4 Å². The van der Waals surface area contributed by atoms with Crippen molar-refractivity contribution >= 4 is 11.9 Å². The molecule has 4 aliphatic rings. The van der Waals surface area contributed by atoms with E-state index in [-0.39, 0.29) is 39.7 Å². The molecule has 4 aliphatic carbocycles. The Morgan fingerprint density at radius 2 is 1.70 bits per heavy atom. The molecule has 0 unspecified atom stereocenters. The molecule has 0 bridgehead atoms. The summed E-state index contributed by atoms with van der Waals surface area (Å²) in [6, 6.07) is 0. The first-order valence-corrected chi connectivity index (χ1v) is 14.5. The van der Waals surface area contributed by atoms with E-state index in [2.05, 4.69) is 40.7 Å². The van der Waals surface area contributed by atoms with Gasteiger partial charge in [0.05, 0.1) is 12.0 Å². The molecule has 208 valence electrons. The van der Waals surface area contributed by atoms with E-state index in [1.54, 1.807) is 5.57 Å². The maximum atomic E-state index is 12.5. The van der Waals surface area contributed by atoms with Crippen molar-refractivity contribution in [1.29, 1.82) is 0 Å². The molecule has 0 saturated heterocycles. The molecule has 5 heteroatoms. The number of carboxylic acids is 1. The number of aliphatic carboxylic acids is 1. The average molecular weight is 515 g/mol. The van der Waals surface area contributed by atoms with E-state index in [0.717, 1.165) is 44.9 Å². The van der Waals surface area contributed by atoms with Gasteiger partial charge in [-0.1, -0.05) is 57.4 Å². The summed E-state index contributed by atoms with van der Waals surface area (Å²) in [5.74, 6) is -1.30. The molecule has 5 nitrogen and oxygen atoms in total. The van der Waals surface area contributed by atoms with Crippen molar-refractivity contribution < 1.29 is 24.5 Å². The minimum Gasteiger partial charge on any atom is -0.481 e. The van der Waals surface area contributed by atoms with Crippen molar-refractivity contribution in [3.63, 3.8) is 0 Å². The Labute approximate surface area is 224 Å². The predicted octanol–water partition coefficient (Wildman–Crippen LogP) is 7.09. The van der Waals surface area contributed by atoms with Crippen LogP contribution in [0.25, 0.3) is 0 Å². The van der Waals surface area contributed by atoms with Crippen LogP contribution in [0.2, 0.25) is 0 Å². The van der Waals surface area contributed by atoms with Crippen LogP contribution < -0.4 is 0 Å². The smallest absolute Gasteiger partial charge is 0.306 e. The molecule has 0 spiro atoms. The lowest BCUT2D eigenvalue weighted by Gasteiger charge is -2.62. The molecule has 0 amide bonds. The Morgan fingerprint density at radius 1 is 1.03 bits per heavy atom. The van der Waals surface area contributed by atoms with Crippen LogP contribution in [0.3, 0.4) is 0 Å². The number of rotatable bonds is 6. The van der Waals surface area contributed by atoms with Gasteiger partial charge in [-0.25, -0.2) is 0 Å². The van der Waals surface area contributed by atoms with Crippen LogP contribution in [0.5, 0.6) is 0 Å². The number of carbonyl (C=O) groups is 2. The summed E-state index contributed by atoms with van der Waals surface area (Å²) >= 11 is 0. The zero-order chi connectivity index (χ0) is 27.6. The number of aliphatic hydroxyl groups is 1. The number of carboxylic acid groups (broad SMARTS) is 1. The number of fused-ring (bicyclic) bond motifs is 4. The molecule has 8 atom stereocenters. The third-order valence-corrected chi connectivity index (χ3v) is 11.8. The molecule has 0 aromatic heterocycles. The van der Waals surface area contributed by atoms with E-state index >= 15 is 0 Å². The van der Waals surface area contributed by atoms with Crippen LogP contribution in [0.4, 0.5) is 0 Å². The van der Waals surface area contributed by atoms with Gasteiger partial charge in [0.25, 0.3) is 0 Å². The van der Waals surface area contributed by atoms with Gasteiger partial charge in [0.15, 0.2) is 0 Å². The maximum Gasteiger partial charge on any atom is 0.306 e. The number of aliphatic hydroxyl groups excluding tert-OH is 1. The Hall–Kier alpha value is -1.62. The lowest BCUT2D eigenvalue weighted by atomic mass is 9.43. The normalized spacial score (nSPS) is 41.2. The summed E-state index contributed by atoms with van der Waals surface area (Å²) < 4.78 is 5.82. The molecule has 2 saturated carbocycles. The fourth-order valence-electron chi connectivity index (χ4n) is 9.90. The highest BCUT2D eigenvalue weighted by atomic mass is 16.5. The van der Waals surface area contributed by atoms with Gasteiger partial charge in [-0.05, 0) is 93.8 Å². The molecule has 37 heavy (non-hydrogen) atoms. The second kappa shape index (κ2) is 9.54. The first-order chi connectivity index (χ1) is 17.1. The minimum atomic E-state index is -0.766. The lowest BCUT2D eigenvalue weighted by molar-refractivity contribution is -0.167. The van der Waals surface area contributed by atoms with Gasteiger partial charge in [0.2, 0.25) is 0 Å². The number of hydrogen-bond acceptors (Lipinski definition) is 4. The number of allylic oxidation sites excluding steroid dienone is 4. The van der Waals surface area contributed by atoms with Gasteiger partial charge in [0, 0.05) is 18.3 Å². The molecular formula is C32H50O5. The summed E-state index contributed by atoms with van der Waals surface area (Å²) in [5, 5.41) is 21.8. The van der Waals surface area contributed by atoms with Crippen molar-refractivity contribution in [2.24, 2.45) is 39.4 Å². The van der Waals surface area contributed by atoms with Crippen LogP contribution in [-0.4, -0.2) is 34.4 Å². The van der Waals surface area contributed by atoms with Crippen LogP contribution >= 0.6 is 0 Å². The number of carbonyl (C=O) groups excluding carboxylic acids is 1. The van der Waals surface area contributed by atoms with Crippen molar-refractivity contribution in [2.75, 3.05) is 0 Å². The second-order valence-electron chi connectivity index (χ2n) is 14.3. The molecule has 4 rings (SSSR count). The SMILES string of the molecule is CC(=O)O[C@H]1CC[C@]2(C)C3=C(CC[C@H]2C1(C)C)[C@]1(C)C[C@@H](O)[C@H]([C@@H](CCC=C(C)C)C(=O)O)[C@@]1(C)CC3. The Bertz CT molecular complexity index is 1000. The van der Waals surface area contributed by atoms with E-state index in [0.29, 0.717) is 18.8 Å². The third-order valence-electron chi connectivity index (χ3n) is 11.8. The first kappa shape index (κ1) is 28.4. The van der Waals surface area contributed by atoms with Crippen molar-refractivity contribution in [3.05, 3.63) is 22.8 Å². The summed E-state index contributed by atoms with van der Waals surface area (Å²) in [6.45, 7) is 17.2. The van der Waals surface area contributed by atoms with Crippen LogP contribution in [0.1, 0.15) is 113 Å². The van der Waals surface area contributed by atoms with E-state index in [1.165, 1.54) is 18.1 Å². The Kier molecular flexibility index (Phi) is 7.32. The van der Waals surface area contributed by atoms with E-state index < -0.39 is 18.0 Å². The first-order valence-electron chi connectivity index (χ1n) is 14.5. The fourth-order valence-corrected chi connectivity index (χ4v) is 9.90. The van der Waals surface area contributed by atoms with Crippen LogP contribution in [0.15, 0.2) is 22.8 Å². The quantitative estimate of drug-likeness (QED) is 0.292. The Balaban J connectivity index is 1.71. The third kappa shape index (κ3) is 4.32. The highest BCUT2D eigenvalue weighted by molar-refractivity contribution is 5.71. The van der Waals surface area contributed by atoms with E-state index in [1.807, 2.05) is 13.8 Å². The molecular weight excluding hydrogens is 464 g/mol. The topological polar surface area (TPSA) is 83.8 Å². The van der Waals surface area contributed by atoms with Gasteiger partial charge in [-0.3, -0.25) is 9.59 Å². The summed E-state index contributed by atoms with van der Waals surface area (Å²) in [4.78, 5) is 24.4. The fraction of sp³-hybridized carbons (Fsp3) is 0.812. The molecule has 0 heterocycles. The van der Waals surface area contributed by atoms with Crippen molar-refractivity contribution in [1.82, 2.24) is 0 Å². The summed E-state index contributed by atoms with van der Waals surface area (Å²) in [7, 11) is 0. The molecule has 0 aromatic carbocycles. The summed E-state index contributed by atoms with van der Waals surface area (Å²) in [5.41, 5.74) is 3.80. The molecule has 0 aromatic rings. The molecule has 0 radical (unpaired) electrons. The van der Waals surface area contributed by atoms with Gasteiger partial charge in [-0.2, -0.15) is 0 Å². The second-order valence-corrected chi connectivity index (χ2v) is 14.3. The lowest BCUT2D eigenvalue weighted by Crippen LogP contribution is -2.56. The van der Waals surface area contributed by atoms with Crippen LogP contribution in [-0.2, 0) is 14.3 Å². The van der Waals surface area contributed by atoms with E-state index in [9.17, 15) is 19.8 Å². The zero-order valence-electron chi connectivity index (χ0n) is 24.4. The van der Waals surface area contributed by atoms with Gasteiger partial charge >= 0.3 is 11.9 Å². The van der Waals surface area contributed by atoms with Crippen molar-refractivity contribution in [2.45, 2.75) is 125 Å². The van der Waals surface area contributed by atoms with Gasteiger partial charge < -0.3 is 14.9 Å². The average Bonchev–Trinajstić information content (AvgIpc) is 2.98.